The molecule has 202 valence electrons. The molecule has 0 bridgehead atoms. The van der Waals surface area contributed by atoms with Crippen LogP contribution in [0.25, 0.3) is 11.1 Å². The molecular formula is C36H34N5+. The average Bonchev–Trinajstić information content (AvgIpc) is 2.99. The lowest BCUT2D eigenvalue weighted by Crippen LogP contribution is -2.36. The molecule has 41 heavy (non-hydrogen) atoms. The van der Waals surface area contributed by atoms with Crippen molar-refractivity contribution in [3.8, 4) is 18.2 Å². The molecule has 0 N–H and O–H groups in total. The highest BCUT2D eigenvalue weighted by Crippen LogP contribution is 2.39. The fourth-order valence-corrected chi connectivity index (χ4v) is 5.00. The Morgan fingerprint density at radius 1 is 0.780 bits per heavy atom. The van der Waals surface area contributed by atoms with Gasteiger partial charge in [-0.05, 0) is 53.8 Å². The number of anilines is 1. The Morgan fingerprint density at radius 3 is 2.05 bits per heavy atom. The number of hydrogen-bond donors (Lipinski definition) is 0. The summed E-state index contributed by atoms with van der Waals surface area (Å²) in [5.74, 6) is 0. The maximum Gasteiger partial charge on any atom is 0.138 e. The number of rotatable bonds is 9. The summed E-state index contributed by atoms with van der Waals surface area (Å²) in [7, 11) is 6.62. The van der Waals surface area contributed by atoms with Crippen LogP contribution in [0.1, 0.15) is 29.5 Å². The van der Waals surface area contributed by atoms with E-state index < -0.39 is 0 Å². The van der Waals surface area contributed by atoms with Crippen LogP contribution in [0.5, 0.6) is 0 Å². The topological polar surface area (TPSA) is 74.6 Å². The van der Waals surface area contributed by atoms with Gasteiger partial charge in [0.2, 0.25) is 0 Å². The van der Waals surface area contributed by atoms with E-state index >= 15 is 0 Å². The zero-order valence-electron chi connectivity index (χ0n) is 23.9. The van der Waals surface area contributed by atoms with E-state index in [1.54, 1.807) is 6.08 Å². The minimum absolute atomic E-state index is 0.0888. The number of para-hydroxylation sites is 1. The van der Waals surface area contributed by atoms with Crippen molar-refractivity contribution in [3.05, 3.63) is 137 Å². The van der Waals surface area contributed by atoms with Gasteiger partial charge in [0.05, 0.1) is 39.3 Å². The van der Waals surface area contributed by atoms with Crippen molar-refractivity contribution in [1.29, 1.82) is 15.8 Å². The highest BCUT2D eigenvalue weighted by Gasteiger charge is 2.23. The number of quaternary nitrogens is 1. The van der Waals surface area contributed by atoms with Gasteiger partial charge < -0.3 is 9.38 Å². The first-order valence-corrected chi connectivity index (χ1v) is 13.7. The van der Waals surface area contributed by atoms with Crippen molar-refractivity contribution < 1.29 is 4.48 Å². The minimum atomic E-state index is -0.0888. The Morgan fingerprint density at radius 2 is 1.41 bits per heavy atom. The van der Waals surface area contributed by atoms with Crippen molar-refractivity contribution >= 4 is 16.8 Å². The Bertz CT molecular complexity index is 1610. The molecule has 1 aliphatic rings. The fourth-order valence-electron chi connectivity index (χ4n) is 5.00. The second-order valence-electron chi connectivity index (χ2n) is 10.9. The van der Waals surface area contributed by atoms with Gasteiger partial charge in [-0.1, -0.05) is 78.9 Å². The van der Waals surface area contributed by atoms with Gasteiger partial charge >= 0.3 is 0 Å². The van der Waals surface area contributed by atoms with Gasteiger partial charge in [0, 0.05) is 29.1 Å². The quantitative estimate of drug-likeness (QED) is 0.125. The molecule has 5 nitrogen and oxygen atoms in total. The van der Waals surface area contributed by atoms with Crippen LogP contribution >= 0.6 is 0 Å². The van der Waals surface area contributed by atoms with Crippen molar-refractivity contribution in [3.63, 3.8) is 0 Å². The number of nitrogens with zero attached hydrogens (tertiary/aromatic N) is 5. The van der Waals surface area contributed by atoms with E-state index in [0.29, 0.717) is 11.1 Å². The van der Waals surface area contributed by atoms with Crippen LogP contribution in [0.4, 0.5) is 5.69 Å². The summed E-state index contributed by atoms with van der Waals surface area (Å²) in [6, 6.07) is 34.1. The number of allylic oxidation sites excluding steroid dienone is 6. The standard InChI is InChI=1S/C36H34N5/c1-41(2,3)23-13-12-22-40-32(24-34(28-14-6-4-7-15-28)33-18-10-11-19-35(33)40)21-20-30(25-37)36(31(26-38)27-39)29-16-8-5-9-17-29/h4-11,14-21,24H,12-13,22-23H2,1-3H3/q+1/b30-20+,32-21+. The number of hydrogen-bond acceptors (Lipinski definition) is 4. The van der Waals surface area contributed by atoms with E-state index in [-0.39, 0.29) is 11.1 Å². The molecule has 5 heteroatoms. The number of unbranched alkanes of at least 4 members (excludes halogenated alkanes) is 1. The molecule has 4 rings (SSSR count). The Kier molecular flexibility index (Phi) is 9.34. The van der Waals surface area contributed by atoms with Crippen LogP contribution in [-0.4, -0.2) is 38.7 Å². The molecule has 0 fully saturated rings. The van der Waals surface area contributed by atoms with Crippen molar-refractivity contribution in [2.45, 2.75) is 12.8 Å². The summed E-state index contributed by atoms with van der Waals surface area (Å²) in [5, 5.41) is 29.6. The molecule has 0 aliphatic carbocycles. The van der Waals surface area contributed by atoms with E-state index in [4.69, 9.17) is 0 Å². The second kappa shape index (κ2) is 13.3. The van der Waals surface area contributed by atoms with Crippen LogP contribution in [-0.2, 0) is 0 Å². The van der Waals surface area contributed by atoms with Crippen LogP contribution in [0.15, 0.2) is 120 Å². The molecule has 0 aromatic heterocycles. The van der Waals surface area contributed by atoms with E-state index in [2.05, 4.69) is 74.6 Å². The summed E-state index contributed by atoms with van der Waals surface area (Å²) in [5.41, 5.74) is 6.62. The highest BCUT2D eigenvalue weighted by atomic mass is 15.3. The third kappa shape index (κ3) is 7.09. The molecule has 0 unspecified atom stereocenters. The molecule has 0 saturated carbocycles. The molecule has 0 amide bonds. The van der Waals surface area contributed by atoms with Crippen molar-refractivity contribution in [1.82, 2.24) is 0 Å². The lowest BCUT2D eigenvalue weighted by Gasteiger charge is -2.33. The van der Waals surface area contributed by atoms with Crippen LogP contribution in [0.2, 0.25) is 0 Å². The fraction of sp³-hybridized carbons (Fsp3) is 0.194. The van der Waals surface area contributed by atoms with Crippen molar-refractivity contribution in [2.75, 3.05) is 39.1 Å². The minimum Gasteiger partial charge on any atom is -0.341 e. The summed E-state index contributed by atoms with van der Waals surface area (Å²) >= 11 is 0. The lowest BCUT2D eigenvalue weighted by molar-refractivity contribution is -0.870. The third-order valence-electron chi connectivity index (χ3n) is 6.98. The van der Waals surface area contributed by atoms with E-state index in [0.717, 1.165) is 58.5 Å². The first-order valence-electron chi connectivity index (χ1n) is 13.7. The molecule has 0 spiro atoms. The monoisotopic (exact) mass is 536 g/mol. The lowest BCUT2D eigenvalue weighted by atomic mass is 9.91. The number of benzene rings is 3. The molecule has 0 atom stereocenters. The number of nitriles is 3. The molecular weight excluding hydrogens is 502 g/mol. The normalized spacial score (nSPS) is 13.9. The molecule has 1 aliphatic heterocycles. The first kappa shape index (κ1) is 28.8. The second-order valence-corrected chi connectivity index (χ2v) is 10.9. The van der Waals surface area contributed by atoms with Gasteiger partial charge in [-0.25, -0.2) is 0 Å². The maximum atomic E-state index is 10.2. The molecule has 3 aromatic rings. The van der Waals surface area contributed by atoms with Gasteiger partial charge in [-0.2, -0.15) is 15.8 Å². The van der Waals surface area contributed by atoms with Gasteiger partial charge in [-0.3, -0.25) is 0 Å². The van der Waals surface area contributed by atoms with E-state index in [9.17, 15) is 15.8 Å². The van der Waals surface area contributed by atoms with Crippen molar-refractivity contribution in [2.24, 2.45) is 0 Å². The van der Waals surface area contributed by atoms with Gasteiger partial charge in [0.15, 0.2) is 0 Å². The largest absolute Gasteiger partial charge is 0.341 e. The average molecular weight is 537 g/mol. The zero-order chi connectivity index (χ0) is 29.2. The van der Waals surface area contributed by atoms with Crippen LogP contribution < -0.4 is 4.90 Å². The van der Waals surface area contributed by atoms with Gasteiger partial charge in [0.25, 0.3) is 0 Å². The van der Waals surface area contributed by atoms with Crippen LogP contribution in [0.3, 0.4) is 0 Å². The van der Waals surface area contributed by atoms with E-state index in [1.807, 2.05) is 66.7 Å². The third-order valence-corrected chi connectivity index (χ3v) is 6.98. The highest BCUT2D eigenvalue weighted by molar-refractivity contribution is 5.93. The summed E-state index contributed by atoms with van der Waals surface area (Å²) in [6.45, 7) is 1.90. The molecule has 3 aromatic carbocycles. The Balaban J connectivity index is 1.85. The predicted octanol–water partition coefficient (Wildman–Crippen LogP) is 7.26. The molecule has 0 saturated heterocycles. The maximum absolute atomic E-state index is 10.2. The summed E-state index contributed by atoms with van der Waals surface area (Å²) in [4.78, 5) is 2.31. The summed E-state index contributed by atoms with van der Waals surface area (Å²) in [6.07, 6.45) is 7.93. The van der Waals surface area contributed by atoms with Gasteiger partial charge in [0.1, 0.15) is 17.7 Å². The SMILES string of the molecule is C[N+](C)(C)CCCCN1/C(=C/C=C(\C#N)C(=C(C#N)C#N)c2ccccc2)C=C(c2ccccc2)c2ccccc21. The number of fused-ring (bicyclic) bond motifs is 1. The Labute approximate surface area is 243 Å². The van der Waals surface area contributed by atoms with Gasteiger partial charge in [-0.15, -0.1) is 0 Å². The van der Waals surface area contributed by atoms with Crippen LogP contribution in [0, 0.1) is 34.0 Å². The Hall–Kier alpha value is -5.15. The smallest absolute Gasteiger partial charge is 0.138 e. The molecule has 0 radical (unpaired) electrons. The van der Waals surface area contributed by atoms with E-state index in [1.165, 1.54) is 0 Å². The zero-order valence-corrected chi connectivity index (χ0v) is 23.9. The molecule has 1 heterocycles. The predicted molar refractivity (Wildman–Crippen MR) is 166 cm³/mol. The summed E-state index contributed by atoms with van der Waals surface area (Å²) < 4.78 is 0.917. The first-order chi connectivity index (χ1) is 19.9.